The third-order valence-electron chi connectivity index (χ3n) is 4.79. The van der Waals surface area contributed by atoms with Gasteiger partial charge in [-0.15, -0.1) is 0 Å². The first-order valence-corrected chi connectivity index (χ1v) is 7.20. The lowest BCUT2D eigenvalue weighted by Gasteiger charge is -2.60. The minimum absolute atomic E-state index is 0. The molecule has 20 heavy (non-hydrogen) atoms. The highest BCUT2D eigenvalue weighted by Gasteiger charge is 2.48. The zero-order chi connectivity index (χ0) is 13.0. The smallest absolute Gasteiger partial charge is 0.139 e. The van der Waals surface area contributed by atoms with E-state index in [9.17, 15) is 0 Å². The van der Waals surface area contributed by atoms with Gasteiger partial charge >= 0.3 is 0 Å². The molecule has 0 spiro atoms. The van der Waals surface area contributed by atoms with E-state index in [0.29, 0.717) is 0 Å². The van der Waals surface area contributed by atoms with Crippen LogP contribution in [0.15, 0.2) is 18.2 Å². The Morgan fingerprint density at radius 3 is 1.95 bits per heavy atom. The maximum Gasteiger partial charge on any atom is 0.139 e. The van der Waals surface area contributed by atoms with Crippen LogP contribution in [-0.4, -0.2) is 59.2 Å². The van der Waals surface area contributed by atoms with Crippen LogP contribution in [0.5, 0.6) is 0 Å². The molecule has 4 heterocycles. The van der Waals surface area contributed by atoms with Crippen LogP contribution in [0.3, 0.4) is 0 Å². The number of rotatable bonds is 2. The lowest BCUT2D eigenvalue weighted by molar-refractivity contribution is -0.991. The van der Waals surface area contributed by atoms with E-state index in [1.165, 1.54) is 67.7 Å². The second kappa shape index (κ2) is 4.97. The molecule has 4 aliphatic rings. The van der Waals surface area contributed by atoms with E-state index >= 15 is 0 Å². The minimum Gasteiger partial charge on any atom is -1.00 e. The lowest BCUT2D eigenvalue weighted by Crippen LogP contribution is -3.00. The molecule has 0 amide bonds. The van der Waals surface area contributed by atoms with Crippen LogP contribution in [0, 0.1) is 13.8 Å². The van der Waals surface area contributed by atoms with Crippen LogP contribution >= 0.6 is 0 Å². The fourth-order valence-electron chi connectivity index (χ4n) is 4.10. The molecule has 0 aliphatic carbocycles. The third kappa shape index (κ3) is 2.36. The van der Waals surface area contributed by atoms with Crippen molar-refractivity contribution >= 4 is 0 Å². The Labute approximate surface area is 127 Å². The van der Waals surface area contributed by atoms with Crippen molar-refractivity contribution in [3.63, 3.8) is 0 Å². The van der Waals surface area contributed by atoms with Crippen LogP contribution in [0.25, 0.3) is 0 Å². The number of hydrogen-bond donors (Lipinski definition) is 0. The van der Waals surface area contributed by atoms with Crippen molar-refractivity contribution in [3.8, 4) is 0 Å². The molecule has 0 aromatic heterocycles. The van der Waals surface area contributed by atoms with Crippen molar-refractivity contribution in [1.29, 1.82) is 0 Å². The zero-order valence-corrected chi connectivity index (χ0v) is 13.1. The molecular weight excluding hydrogens is 272 g/mol. The van der Waals surface area contributed by atoms with Crippen LogP contribution in [0.2, 0.25) is 0 Å². The first kappa shape index (κ1) is 14.3. The van der Waals surface area contributed by atoms with Crippen LogP contribution in [0.4, 0.5) is 0 Å². The average molecular weight is 295 g/mol. The molecule has 1 aromatic rings. The number of hydrogen-bond acceptors (Lipinski definition) is 3. The van der Waals surface area contributed by atoms with Gasteiger partial charge in [-0.25, -0.2) is 14.7 Å². The number of halogens is 1. The second-order valence-electron chi connectivity index (χ2n) is 6.78. The van der Waals surface area contributed by atoms with Crippen LogP contribution in [0.1, 0.15) is 16.7 Å². The molecule has 1 aromatic carbocycles. The quantitative estimate of drug-likeness (QED) is 0.603. The standard InChI is InChI=1S/C15H23N4.ClH/c1-13-3-4-15(5-14(13)2)6-19-10-16-7-17(11-19)9-18(8-16)12-19;/h3-5H,6-12H2,1-2H3;1H/q+1;/p-1. The van der Waals surface area contributed by atoms with Gasteiger partial charge in [0.15, 0.2) is 0 Å². The predicted molar refractivity (Wildman–Crippen MR) is 74.6 cm³/mol. The Morgan fingerprint density at radius 1 is 0.900 bits per heavy atom. The summed E-state index contributed by atoms with van der Waals surface area (Å²) in [7, 11) is 0. The molecule has 5 heteroatoms. The van der Waals surface area contributed by atoms with Gasteiger partial charge < -0.3 is 12.4 Å². The molecule has 0 radical (unpaired) electrons. The molecule has 4 nitrogen and oxygen atoms in total. The first-order chi connectivity index (χ1) is 9.12. The van der Waals surface area contributed by atoms with Gasteiger partial charge in [0.25, 0.3) is 0 Å². The SMILES string of the molecule is Cc1ccc(C[N+]23CN4CN(CN(C4)C2)C3)cc1C.[Cl-]. The van der Waals surface area contributed by atoms with Crippen molar-refractivity contribution in [1.82, 2.24) is 14.7 Å². The summed E-state index contributed by atoms with van der Waals surface area (Å²) < 4.78 is 1.20. The Bertz CT molecular complexity index is 481. The molecule has 110 valence electrons. The van der Waals surface area contributed by atoms with Crippen molar-refractivity contribution in [2.75, 3.05) is 40.0 Å². The molecule has 5 rings (SSSR count). The Balaban J connectivity index is 0.00000121. The van der Waals surface area contributed by atoms with Gasteiger partial charge in [0.05, 0.1) is 20.0 Å². The van der Waals surface area contributed by atoms with Gasteiger partial charge in [-0.05, 0) is 25.0 Å². The second-order valence-corrected chi connectivity index (χ2v) is 6.78. The summed E-state index contributed by atoms with van der Waals surface area (Å²) in [6.07, 6.45) is 0. The fourth-order valence-corrected chi connectivity index (χ4v) is 4.10. The summed E-state index contributed by atoms with van der Waals surface area (Å²) >= 11 is 0. The maximum absolute atomic E-state index is 2.58. The highest BCUT2D eigenvalue weighted by atomic mass is 35.5. The molecule has 0 saturated carbocycles. The monoisotopic (exact) mass is 294 g/mol. The predicted octanol–water partition coefficient (Wildman–Crippen LogP) is -1.68. The van der Waals surface area contributed by atoms with E-state index in [1.54, 1.807) is 0 Å². The Morgan fingerprint density at radius 2 is 1.45 bits per heavy atom. The van der Waals surface area contributed by atoms with E-state index in [2.05, 4.69) is 46.7 Å². The van der Waals surface area contributed by atoms with Gasteiger partial charge in [-0.1, -0.05) is 18.2 Å². The summed E-state index contributed by atoms with van der Waals surface area (Å²) in [4.78, 5) is 7.74. The van der Waals surface area contributed by atoms with E-state index in [0.717, 1.165) is 0 Å². The Hall–Kier alpha value is -0.650. The van der Waals surface area contributed by atoms with Gasteiger partial charge in [-0.2, -0.15) is 0 Å². The van der Waals surface area contributed by atoms with Crippen LogP contribution in [-0.2, 0) is 6.54 Å². The highest BCUT2D eigenvalue weighted by molar-refractivity contribution is 5.29. The fraction of sp³-hybridized carbons (Fsp3) is 0.600. The summed E-state index contributed by atoms with van der Waals surface area (Å²) in [6, 6.07) is 6.97. The van der Waals surface area contributed by atoms with Gasteiger partial charge in [0.2, 0.25) is 0 Å². The summed E-state index contributed by atoms with van der Waals surface area (Å²) in [6.45, 7) is 12.8. The van der Waals surface area contributed by atoms with Crippen LogP contribution < -0.4 is 12.4 Å². The van der Waals surface area contributed by atoms with E-state index in [-0.39, 0.29) is 12.4 Å². The number of nitrogens with zero attached hydrogens (tertiary/aromatic N) is 4. The molecule has 0 N–H and O–H groups in total. The van der Waals surface area contributed by atoms with E-state index < -0.39 is 0 Å². The minimum atomic E-state index is 0. The van der Waals surface area contributed by atoms with Crippen molar-refractivity contribution in [2.45, 2.75) is 20.4 Å². The maximum atomic E-state index is 2.58. The molecular formula is C15H23ClN4. The van der Waals surface area contributed by atoms with Crippen molar-refractivity contribution in [3.05, 3.63) is 34.9 Å². The largest absolute Gasteiger partial charge is 1.00 e. The molecule has 0 atom stereocenters. The van der Waals surface area contributed by atoms with Gasteiger partial charge in [-0.3, -0.25) is 4.48 Å². The molecule has 4 fully saturated rings. The molecule has 4 aliphatic heterocycles. The zero-order valence-electron chi connectivity index (χ0n) is 12.3. The number of benzene rings is 1. The molecule has 4 bridgehead atoms. The van der Waals surface area contributed by atoms with E-state index in [4.69, 9.17) is 0 Å². The average Bonchev–Trinajstić information content (AvgIpc) is 2.31. The topological polar surface area (TPSA) is 9.72 Å². The normalized spacial score (nSPS) is 37.8. The first-order valence-electron chi connectivity index (χ1n) is 7.20. The van der Waals surface area contributed by atoms with Gasteiger partial charge in [0.1, 0.15) is 26.6 Å². The van der Waals surface area contributed by atoms with E-state index in [1.807, 2.05) is 0 Å². The van der Waals surface area contributed by atoms with Crippen molar-refractivity contribution in [2.24, 2.45) is 0 Å². The summed E-state index contributed by atoms with van der Waals surface area (Å²) in [5.41, 5.74) is 4.32. The molecule has 4 saturated heterocycles. The third-order valence-corrected chi connectivity index (χ3v) is 4.79. The molecule has 0 unspecified atom stereocenters. The highest BCUT2D eigenvalue weighted by Crippen LogP contribution is 2.30. The number of quaternary nitrogens is 1. The summed E-state index contributed by atoms with van der Waals surface area (Å²) in [5, 5.41) is 0. The lowest BCUT2D eigenvalue weighted by atomic mass is 10.1. The number of aryl methyl sites for hydroxylation is 2. The van der Waals surface area contributed by atoms with Crippen molar-refractivity contribution < 1.29 is 16.9 Å². The van der Waals surface area contributed by atoms with Gasteiger partial charge in [0, 0.05) is 5.56 Å². The summed E-state index contributed by atoms with van der Waals surface area (Å²) in [5.74, 6) is 0. The Kier molecular flexibility index (Phi) is 3.55.